The highest BCUT2D eigenvalue weighted by Crippen LogP contribution is 2.33. The van der Waals surface area contributed by atoms with Gasteiger partial charge in [0.25, 0.3) is 0 Å². The fourth-order valence-corrected chi connectivity index (χ4v) is 5.48. The number of carbonyl (C=O) groups is 4. The van der Waals surface area contributed by atoms with E-state index in [0.717, 1.165) is 31.2 Å². The van der Waals surface area contributed by atoms with Gasteiger partial charge in [0.1, 0.15) is 6.04 Å². The number of carbonyl (C=O) groups excluding carboxylic acids is 4. The number of nitrogens with two attached hydrogens (primary N) is 1. The van der Waals surface area contributed by atoms with Crippen LogP contribution < -0.4 is 21.7 Å². The van der Waals surface area contributed by atoms with Gasteiger partial charge in [-0.05, 0) is 37.3 Å². The molecule has 0 aliphatic heterocycles. The first-order valence-electron chi connectivity index (χ1n) is 13.4. The van der Waals surface area contributed by atoms with E-state index in [1.165, 1.54) is 0 Å². The number of ketones is 2. The molecule has 0 heterocycles. The lowest BCUT2D eigenvalue weighted by Crippen LogP contribution is -2.52. The Morgan fingerprint density at radius 3 is 2.08 bits per heavy atom. The number of amides is 2. The van der Waals surface area contributed by atoms with Crippen molar-refractivity contribution in [3.63, 3.8) is 0 Å². The van der Waals surface area contributed by atoms with Gasteiger partial charge in [0.15, 0.2) is 11.6 Å². The van der Waals surface area contributed by atoms with Crippen molar-refractivity contribution in [2.24, 2.45) is 5.73 Å². The first kappa shape index (κ1) is 26.3. The number of hydrogen-bond acceptors (Lipinski definition) is 6. The van der Waals surface area contributed by atoms with E-state index in [1.807, 2.05) is 36.4 Å². The van der Waals surface area contributed by atoms with E-state index in [9.17, 15) is 19.2 Å². The van der Waals surface area contributed by atoms with E-state index >= 15 is 0 Å². The molecule has 2 aliphatic carbocycles. The van der Waals surface area contributed by atoms with Crippen molar-refractivity contribution >= 4 is 29.1 Å². The van der Waals surface area contributed by atoms with Crippen molar-refractivity contribution in [3.05, 3.63) is 101 Å². The molecule has 1 fully saturated rings. The van der Waals surface area contributed by atoms with Crippen LogP contribution in [0.25, 0.3) is 0 Å². The van der Waals surface area contributed by atoms with Crippen LogP contribution >= 0.6 is 0 Å². The molecule has 0 bridgehead atoms. The largest absolute Gasteiger partial charge is 0.382 e. The molecular weight excluding hydrogens is 492 g/mol. The highest BCUT2D eigenvalue weighted by molar-refractivity contribution is 6.30. The van der Waals surface area contributed by atoms with Crippen LogP contribution in [0, 0.1) is 0 Å². The van der Waals surface area contributed by atoms with E-state index in [2.05, 4.69) is 16.0 Å². The summed E-state index contributed by atoms with van der Waals surface area (Å²) >= 11 is 0. The molecule has 2 aliphatic rings. The Kier molecular flexibility index (Phi) is 7.84. The van der Waals surface area contributed by atoms with Gasteiger partial charge in [0.2, 0.25) is 11.8 Å². The highest BCUT2D eigenvalue weighted by atomic mass is 16.2. The molecule has 8 heteroatoms. The van der Waals surface area contributed by atoms with Gasteiger partial charge in [-0.1, -0.05) is 66.7 Å². The Balaban J connectivity index is 1.21. The zero-order valence-corrected chi connectivity index (χ0v) is 21.6. The van der Waals surface area contributed by atoms with Crippen molar-refractivity contribution in [1.29, 1.82) is 0 Å². The number of fused-ring (bicyclic) bond motifs is 2. The van der Waals surface area contributed by atoms with Crippen molar-refractivity contribution in [2.45, 2.75) is 50.2 Å². The summed E-state index contributed by atoms with van der Waals surface area (Å²) in [5, 5.41) is 9.34. The molecule has 200 valence electrons. The summed E-state index contributed by atoms with van der Waals surface area (Å²) < 4.78 is 0. The van der Waals surface area contributed by atoms with Gasteiger partial charge >= 0.3 is 0 Å². The minimum atomic E-state index is -0.707. The third-order valence-corrected chi connectivity index (χ3v) is 7.51. The van der Waals surface area contributed by atoms with Gasteiger partial charge in [-0.2, -0.15) is 0 Å². The van der Waals surface area contributed by atoms with Crippen LogP contribution in [0.4, 0.5) is 5.69 Å². The SMILES string of the molecule is NCC(=O)N[C@@H](Cc1ccccc1)C(=O)NC1CCC(Nc2cccc3c2C(=O)c2ccccc2C3=O)CC1. The lowest BCUT2D eigenvalue weighted by atomic mass is 9.83. The smallest absolute Gasteiger partial charge is 0.243 e. The topological polar surface area (TPSA) is 130 Å². The fourth-order valence-electron chi connectivity index (χ4n) is 5.48. The van der Waals surface area contributed by atoms with Crippen LogP contribution in [0.5, 0.6) is 0 Å². The first-order chi connectivity index (χ1) is 18.9. The van der Waals surface area contributed by atoms with Gasteiger partial charge < -0.3 is 21.7 Å². The third kappa shape index (κ3) is 5.76. The van der Waals surface area contributed by atoms with Gasteiger partial charge in [-0.3, -0.25) is 19.2 Å². The van der Waals surface area contributed by atoms with Gasteiger partial charge in [0.05, 0.1) is 12.1 Å². The van der Waals surface area contributed by atoms with Crippen molar-refractivity contribution in [1.82, 2.24) is 10.6 Å². The van der Waals surface area contributed by atoms with Gasteiger partial charge in [0, 0.05) is 40.9 Å². The second kappa shape index (κ2) is 11.6. The minimum Gasteiger partial charge on any atom is -0.382 e. The maximum absolute atomic E-state index is 13.3. The zero-order chi connectivity index (χ0) is 27.4. The molecule has 5 N–H and O–H groups in total. The molecule has 0 unspecified atom stereocenters. The molecule has 1 atom stereocenters. The van der Waals surface area contributed by atoms with E-state index in [-0.39, 0.29) is 42.0 Å². The van der Waals surface area contributed by atoms with Crippen LogP contribution in [-0.2, 0) is 16.0 Å². The van der Waals surface area contributed by atoms with E-state index in [4.69, 9.17) is 5.73 Å². The molecule has 8 nitrogen and oxygen atoms in total. The summed E-state index contributed by atoms with van der Waals surface area (Å²) in [6.07, 6.45) is 3.44. The van der Waals surface area contributed by atoms with Crippen molar-refractivity contribution < 1.29 is 19.2 Å². The van der Waals surface area contributed by atoms with Crippen LogP contribution in [0.1, 0.15) is 63.1 Å². The normalized spacial score (nSPS) is 18.9. The average molecular weight is 525 g/mol. The second-order valence-corrected chi connectivity index (χ2v) is 10.1. The molecule has 0 spiro atoms. The summed E-state index contributed by atoms with van der Waals surface area (Å²) in [5.74, 6) is -0.881. The fraction of sp³-hybridized carbons (Fsp3) is 0.290. The Morgan fingerprint density at radius 1 is 0.769 bits per heavy atom. The molecule has 3 aromatic rings. The number of nitrogens with one attached hydrogen (secondary N) is 3. The monoisotopic (exact) mass is 524 g/mol. The lowest BCUT2D eigenvalue weighted by Gasteiger charge is -2.32. The summed E-state index contributed by atoms with van der Waals surface area (Å²) in [6, 6.07) is 21.2. The van der Waals surface area contributed by atoms with Crippen molar-refractivity contribution in [2.75, 3.05) is 11.9 Å². The van der Waals surface area contributed by atoms with Crippen LogP contribution in [0.2, 0.25) is 0 Å². The predicted octanol–water partition coefficient (Wildman–Crippen LogP) is 2.99. The predicted molar refractivity (Wildman–Crippen MR) is 149 cm³/mol. The minimum absolute atomic E-state index is 0.0247. The Bertz CT molecular complexity index is 1400. The molecule has 39 heavy (non-hydrogen) atoms. The molecule has 1 saturated carbocycles. The molecule has 2 amide bonds. The second-order valence-electron chi connectivity index (χ2n) is 10.1. The Labute approximate surface area is 227 Å². The molecule has 0 aromatic heterocycles. The van der Waals surface area contributed by atoms with Crippen LogP contribution in [0.3, 0.4) is 0 Å². The lowest BCUT2D eigenvalue weighted by molar-refractivity contribution is -0.129. The summed E-state index contributed by atoms with van der Waals surface area (Å²) in [6.45, 7) is -0.182. The molecule has 0 saturated heterocycles. The van der Waals surface area contributed by atoms with Crippen molar-refractivity contribution in [3.8, 4) is 0 Å². The maximum atomic E-state index is 13.3. The quantitative estimate of drug-likeness (QED) is 0.280. The Morgan fingerprint density at radius 2 is 1.38 bits per heavy atom. The van der Waals surface area contributed by atoms with E-state index < -0.39 is 6.04 Å². The zero-order valence-electron chi connectivity index (χ0n) is 21.6. The van der Waals surface area contributed by atoms with Gasteiger partial charge in [-0.25, -0.2) is 0 Å². The molecule has 5 rings (SSSR count). The number of benzene rings is 3. The average Bonchev–Trinajstić information content (AvgIpc) is 2.97. The van der Waals surface area contributed by atoms with E-state index in [1.54, 1.807) is 36.4 Å². The molecule has 3 aromatic carbocycles. The van der Waals surface area contributed by atoms with Crippen LogP contribution in [-0.4, -0.2) is 48.1 Å². The highest BCUT2D eigenvalue weighted by Gasteiger charge is 2.32. The van der Waals surface area contributed by atoms with E-state index in [0.29, 0.717) is 34.4 Å². The summed E-state index contributed by atoms with van der Waals surface area (Å²) in [4.78, 5) is 51.4. The van der Waals surface area contributed by atoms with Crippen LogP contribution in [0.15, 0.2) is 72.8 Å². The molecule has 0 radical (unpaired) electrons. The first-order valence-corrected chi connectivity index (χ1v) is 13.4. The Hall–Kier alpha value is -4.30. The number of anilines is 1. The summed E-state index contributed by atoms with van der Waals surface area (Å²) in [7, 11) is 0. The number of hydrogen-bond donors (Lipinski definition) is 4. The standard InChI is InChI=1S/C31H32N4O4/c32-18-27(36)35-26(17-19-7-2-1-3-8-19)31(39)34-21-15-13-20(14-16-21)33-25-12-6-11-24-28(25)30(38)23-10-5-4-9-22(23)29(24)37/h1-12,20-21,26,33H,13-18,32H2,(H,34,39)(H,35,36)/t20?,21?,26-/m0/s1. The number of rotatable bonds is 8. The summed E-state index contributed by atoms with van der Waals surface area (Å²) in [5.41, 5.74) is 8.81. The molecular formula is C31H32N4O4. The van der Waals surface area contributed by atoms with Gasteiger partial charge in [-0.15, -0.1) is 0 Å². The third-order valence-electron chi connectivity index (χ3n) is 7.51. The maximum Gasteiger partial charge on any atom is 0.243 e.